The van der Waals surface area contributed by atoms with Gasteiger partial charge in [0.15, 0.2) is 0 Å². The molecule has 1 saturated heterocycles. The van der Waals surface area contributed by atoms with Gasteiger partial charge >= 0.3 is 0 Å². The summed E-state index contributed by atoms with van der Waals surface area (Å²) in [6.07, 6.45) is 2.08. The number of nitrogens with zero attached hydrogens (tertiary/aromatic N) is 1. The van der Waals surface area contributed by atoms with E-state index in [2.05, 4.69) is 19.2 Å². The number of aryl methyl sites for hydroxylation is 1. The fraction of sp³-hybridized carbons (Fsp3) is 0.562. The van der Waals surface area contributed by atoms with E-state index in [4.69, 9.17) is 0 Å². The molecule has 120 valence electrons. The largest absolute Gasteiger partial charge is 0.326 e. The molecule has 2 atom stereocenters. The van der Waals surface area contributed by atoms with E-state index < -0.39 is 10.0 Å². The maximum atomic E-state index is 12.9. The minimum atomic E-state index is -3.45. The van der Waals surface area contributed by atoms with Crippen molar-refractivity contribution in [2.45, 2.75) is 38.0 Å². The molecule has 2 unspecified atom stereocenters. The van der Waals surface area contributed by atoms with E-state index >= 15 is 0 Å². The molecule has 1 aromatic rings. The van der Waals surface area contributed by atoms with E-state index in [-0.39, 0.29) is 5.91 Å². The lowest BCUT2D eigenvalue weighted by molar-refractivity contribution is -0.116. The molecule has 0 aliphatic carbocycles. The van der Waals surface area contributed by atoms with Crippen LogP contribution in [0, 0.1) is 11.8 Å². The van der Waals surface area contributed by atoms with Gasteiger partial charge < -0.3 is 5.32 Å². The van der Waals surface area contributed by atoms with Crippen LogP contribution in [0.3, 0.4) is 0 Å². The Morgan fingerprint density at radius 1 is 1.14 bits per heavy atom. The number of hydrogen-bond donors (Lipinski definition) is 1. The van der Waals surface area contributed by atoms with E-state index in [9.17, 15) is 13.2 Å². The zero-order valence-electron chi connectivity index (χ0n) is 13.0. The van der Waals surface area contributed by atoms with Crippen LogP contribution in [0.1, 0.15) is 32.3 Å². The van der Waals surface area contributed by atoms with Crippen LogP contribution in [0.25, 0.3) is 0 Å². The van der Waals surface area contributed by atoms with Crippen molar-refractivity contribution in [3.05, 3.63) is 23.8 Å². The summed E-state index contributed by atoms with van der Waals surface area (Å²) in [4.78, 5) is 11.7. The Kier molecular flexibility index (Phi) is 3.99. The van der Waals surface area contributed by atoms with Crippen molar-refractivity contribution in [3.8, 4) is 0 Å². The summed E-state index contributed by atoms with van der Waals surface area (Å²) in [5.41, 5.74) is 1.63. The van der Waals surface area contributed by atoms with Crippen LogP contribution in [0.15, 0.2) is 23.1 Å². The molecule has 3 rings (SSSR count). The lowest BCUT2D eigenvalue weighted by atomic mass is 9.94. The van der Waals surface area contributed by atoms with Gasteiger partial charge in [-0.2, -0.15) is 4.31 Å². The highest BCUT2D eigenvalue weighted by atomic mass is 32.2. The van der Waals surface area contributed by atoms with Crippen LogP contribution < -0.4 is 5.32 Å². The molecule has 0 bridgehead atoms. The number of carbonyl (C=O) groups excluding carboxylic acids is 1. The van der Waals surface area contributed by atoms with E-state index in [1.807, 2.05) is 0 Å². The third-order valence-electron chi connectivity index (χ3n) is 4.45. The molecule has 1 fully saturated rings. The highest BCUT2D eigenvalue weighted by Gasteiger charge is 2.32. The Balaban J connectivity index is 1.91. The Bertz CT molecular complexity index is 689. The van der Waals surface area contributed by atoms with Crippen molar-refractivity contribution < 1.29 is 13.2 Å². The van der Waals surface area contributed by atoms with E-state index in [1.165, 1.54) is 0 Å². The van der Waals surface area contributed by atoms with E-state index in [0.29, 0.717) is 42.7 Å². The standard InChI is InChI=1S/C16H22N2O3S/c1-11-7-12(2)10-18(9-11)22(20,21)14-4-5-15-13(8-14)3-6-16(19)17-15/h4-5,8,11-12H,3,6-7,9-10H2,1-2H3,(H,17,19). The van der Waals surface area contributed by atoms with Gasteiger partial charge in [0.2, 0.25) is 15.9 Å². The maximum Gasteiger partial charge on any atom is 0.243 e. The first-order valence-electron chi connectivity index (χ1n) is 7.79. The lowest BCUT2D eigenvalue weighted by Gasteiger charge is -2.34. The summed E-state index contributed by atoms with van der Waals surface area (Å²) < 4.78 is 27.3. The molecule has 1 N–H and O–H groups in total. The van der Waals surface area contributed by atoms with Crippen molar-refractivity contribution in [1.82, 2.24) is 4.31 Å². The van der Waals surface area contributed by atoms with Crippen molar-refractivity contribution in [2.24, 2.45) is 11.8 Å². The fourth-order valence-corrected chi connectivity index (χ4v) is 5.20. The zero-order chi connectivity index (χ0) is 15.9. The second kappa shape index (κ2) is 5.66. The van der Waals surface area contributed by atoms with Crippen molar-refractivity contribution in [1.29, 1.82) is 0 Å². The fourth-order valence-electron chi connectivity index (χ4n) is 3.47. The maximum absolute atomic E-state index is 12.9. The average molecular weight is 322 g/mol. The van der Waals surface area contributed by atoms with Crippen LogP contribution in [0.5, 0.6) is 0 Å². The highest BCUT2D eigenvalue weighted by Crippen LogP contribution is 2.30. The summed E-state index contributed by atoms with van der Waals surface area (Å²) in [6.45, 7) is 5.36. The topological polar surface area (TPSA) is 66.5 Å². The van der Waals surface area contributed by atoms with Gasteiger partial charge in [0.25, 0.3) is 0 Å². The SMILES string of the molecule is CC1CC(C)CN(S(=O)(=O)c2ccc3c(c2)CCC(=O)N3)C1. The number of nitrogens with one attached hydrogen (secondary N) is 1. The summed E-state index contributed by atoms with van der Waals surface area (Å²) in [5.74, 6) is 0.757. The monoisotopic (exact) mass is 322 g/mol. The Labute approximate surface area is 131 Å². The van der Waals surface area contributed by atoms with Crippen LogP contribution in [0.2, 0.25) is 0 Å². The van der Waals surface area contributed by atoms with Gasteiger partial charge in [0.1, 0.15) is 0 Å². The number of benzene rings is 1. The minimum absolute atomic E-state index is 0.0122. The van der Waals surface area contributed by atoms with Crippen LogP contribution in [-0.2, 0) is 21.2 Å². The van der Waals surface area contributed by atoms with E-state index in [0.717, 1.165) is 17.7 Å². The Morgan fingerprint density at radius 3 is 2.50 bits per heavy atom. The number of sulfonamides is 1. The summed E-state index contributed by atoms with van der Waals surface area (Å²) in [5, 5.41) is 2.78. The molecule has 0 saturated carbocycles. The number of amides is 1. The third kappa shape index (κ3) is 2.90. The van der Waals surface area contributed by atoms with Crippen molar-refractivity contribution in [2.75, 3.05) is 18.4 Å². The van der Waals surface area contributed by atoms with Gasteiger partial charge in [-0.15, -0.1) is 0 Å². The van der Waals surface area contributed by atoms with Crippen molar-refractivity contribution in [3.63, 3.8) is 0 Å². The van der Waals surface area contributed by atoms with Gasteiger partial charge in [0, 0.05) is 25.2 Å². The molecule has 6 heteroatoms. The summed E-state index contributed by atoms with van der Waals surface area (Å²) in [7, 11) is -3.45. The lowest BCUT2D eigenvalue weighted by Crippen LogP contribution is -2.42. The predicted molar refractivity (Wildman–Crippen MR) is 85.1 cm³/mol. The average Bonchev–Trinajstić information content (AvgIpc) is 2.45. The number of hydrogen-bond acceptors (Lipinski definition) is 3. The molecule has 2 aliphatic rings. The normalized spacial score (nSPS) is 26.4. The summed E-state index contributed by atoms with van der Waals surface area (Å²) >= 11 is 0. The second-order valence-electron chi connectivity index (χ2n) is 6.64. The molecule has 0 aromatic heterocycles. The minimum Gasteiger partial charge on any atom is -0.326 e. The molecule has 0 spiro atoms. The molecule has 1 amide bonds. The number of piperidine rings is 1. The smallest absolute Gasteiger partial charge is 0.243 e. The Morgan fingerprint density at radius 2 is 1.82 bits per heavy atom. The highest BCUT2D eigenvalue weighted by molar-refractivity contribution is 7.89. The number of rotatable bonds is 2. The number of anilines is 1. The molecular weight excluding hydrogens is 300 g/mol. The molecule has 2 heterocycles. The van der Waals surface area contributed by atoms with Crippen LogP contribution >= 0.6 is 0 Å². The number of fused-ring (bicyclic) bond motifs is 1. The quantitative estimate of drug-likeness (QED) is 0.908. The van der Waals surface area contributed by atoms with Gasteiger partial charge in [-0.25, -0.2) is 8.42 Å². The summed E-state index contributed by atoms with van der Waals surface area (Å²) in [6, 6.07) is 5.02. The first kappa shape index (κ1) is 15.5. The second-order valence-corrected chi connectivity index (χ2v) is 8.57. The Hall–Kier alpha value is -1.40. The van der Waals surface area contributed by atoms with E-state index in [1.54, 1.807) is 22.5 Å². The number of carbonyl (C=O) groups is 1. The van der Waals surface area contributed by atoms with Gasteiger partial charge in [-0.1, -0.05) is 13.8 Å². The van der Waals surface area contributed by atoms with Crippen molar-refractivity contribution >= 4 is 21.6 Å². The molecular formula is C16H22N2O3S. The predicted octanol–water partition coefficient (Wildman–Crippen LogP) is 2.24. The molecule has 5 nitrogen and oxygen atoms in total. The molecule has 22 heavy (non-hydrogen) atoms. The third-order valence-corrected chi connectivity index (χ3v) is 6.27. The molecule has 1 aromatic carbocycles. The first-order valence-corrected chi connectivity index (χ1v) is 9.23. The van der Waals surface area contributed by atoms with Gasteiger partial charge in [0.05, 0.1) is 4.90 Å². The van der Waals surface area contributed by atoms with Crippen LogP contribution in [-0.4, -0.2) is 31.7 Å². The van der Waals surface area contributed by atoms with Crippen LogP contribution in [0.4, 0.5) is 5.69 Å². The zero-order valence-corrected chi connectivity index (χ0v) is 13.8. The van der Waals surface area contributed by atoms with Gasteiger partial charge in [-0.05, 0) is 48.4 Å². The first-order chi connectivity index (χ1) is 10.4. The molecule has 2 aliphatic heterocycles. The van der Waals surface area contributed by atoms with Gasteiger partial charge in [-0.3, -0.25) is 4.79 Å². The molecule has 0 radical (unpaired) electrons.